The Morgan fingerprint density at radius 3 is 2.50 bits per heavy atom. The Bertz CT molecular complexity index is 1220. The number of aliphatic hydroxyl groups is 1. The first kappa shape index (κ1) is 31.2. The van der Waals surface area contributed by atoms with Crippen molar-refractivity contribution < 1.29 is 23.8 Å². The van der Waals surface area contributed by atoms with Gasteiger partial charge in [-0.05, 0) is 51.4 Å². The van der Waals surface area contributed by atoms with E-state index in [1.54, 1.807) is 50.0 Å². The zero-order valence-corrected chi connectivity index (χ0v) is 24.6. The molecule has 0 bridgehead atoms. The van der Waals surface area contributed by atoms with Gasteiger partial charge in [0, 0.05) is 37.0 Å². The topological polar surface area (TPSA) is 97.4 Å². The molecule has 3 N–H and O–H groups in total. The lowest BCUT2D eigenvalue weighted by Gasteiger charge is -2.32. The van der Waals surface area contributed by atoms with Crippen LogP contribution in [0.3, 0.4) is 0 Å². The van der Waals surface area contributed by atoms with Gasteiger partial charge in [0.25, 0.3) is 11.8 Å². The molecule has 0 saturated carbocycles. The number of nitrogens with zero attached hydrogens (tertiary/aromatic N) is 3. The molecule has 3 rings (SSSR count). The Hall–Kier alpha value is -3.34. The van der Waals surface area contributed by atoms with Crippen LogP contribution in [-0.4, -0.2) is 80.1 Å². The number of rotatable bonds is 12. The van der Waals surface area contributed by atoms with E-state index in [0.29, 0.717) is 36.0 Å². The minimum Gasteiger partial charge on any atom is -0.493 e. The quantitative estimate of drug-likeness (QED) is 0.354. The number of alkyl halides is 1. The van der Waals surface area contributed by atoms with Crippen LogP contribution in [0.15, 0.2) is 59.9 Å². The number of halogens is 2. The standard InChI is InChI=1S/C29H39ClFN5O4/c1-7-40-23-14-13-19(30)17-21(23)26(37)32-18-29(2,3)25(31)27(38)33-24-22(15-16-34(4)5)35(6)36(28(24)39)20-11-9-8-10-12-20/h8-14,17,25,28,39H,7,15-16,18H2,1-6H3,(H,32,37)(H,33,38). The van der Waals surface area contributed by atoms with Gasteiger partial charge in [0.1, 0.15) is 5.75 Å². The number of benzene rings is 2. The van der Waals surface area contributed by atoms with Crippen LogP contribution in [0.5, 0.6) is 5.75 Å². The van der Waals surface area contributed by atoms with Crippen molar-refractivity contribution in [1.29, 1.82) is 0 Å². The highest BCUT2D eigenvalue weighted by Gasteiger charge is 2.41. The average Bonchev–Trinajstić information content (AvgIpc) is 3.15. The van der Waals surface area contributed by atoms with Gasteiger partial charge in [-0.25, -0.2) is 4.39 Å². The molecule has 0 aromatic heterocycles. The van der Waals surface area contributed by atoms with Crippen LogP contribution in [-0.2, 0) is 4.79 Å². The second kappa shape index (κ2) is 13.3. The van der Waals surface area contributed by atoms with Crippen molar-refractivity contribution in [3.8, 4) is 5.75 Å². The summed E-state index contributed by atoms with van der Waals surface area (Å²) in [5.41, 5.74) is 0.556. The summed E-state index contributed by atoms with van der Waals surface area (Å²) < 4.78 is 21.2. The number of nitrogens with one attached hydrogen (secondary N) is 2. The third-order valence-corrected chi connectivity index (χ3v) is 6.93. The van der Waals surface area contributed by atoms with Crippen LogP contribution in [0.25, 0.3) is 0 Å². The molecule has 1 aliphatic heterocycles. The number of amides is 2. The number of carbonyl (C=O) groups excluding carboxylic acids is 2. The van der Waals surface area contributed by atoms with Gasteiger partial charge in [0.15, 0.2) is 12.4 Å². The summed E-state index contributed by atoms with van der Waals surface area (Å²) in [7, 11) is 5.64. The molecule has 0 aliphatic carbocycles. The van der Waals surface area contributed by atoms with E-state index >= 15 is 4.39 Å². The molecule has 0 saturated heterocycles. The zero-order chi connectivity index (χ0) is 29.6. The summed E-state index contributed by atoms with van der Waals surface area (Å²) >= 11 is 6.06. The molecule has 1 heterocycles. The molecule has 1 aliphatic rings. The summed E-state index contributed by atoms with van der Waals surface area (Å²) in [4.78, 5) is 28.1. The normalized spacial score (nSPS) is 16.4. The van der Waals surface area contributed by atoms with Crippen LogP contribution < -0.4 is 20.4 Å². The van der Waals surface area contributed by atoms with Crippen LogP contribution in [0.2, 0.25) is 5.02 Å². The van der Waals surface area contributed by atoms with Gasteiger partial charge in [-0.1, -0.05) is 43.6 Å². The van der Waals surface area contributed by atoms with Gasteiger partial charge in [0.05, 0.1) is 29.3 Å². The molecular weight excluding hydrogens is 537 g/mol. The van der Waals surface area contributed by atoms with Crippen LogP contribution in [0.1, 0.15) is 37.6 Å². The van der Waals surface area contributed by atoms with Gasteiger partial charge in [0.2, 0.25) is 0 Å². The Labute approximate surface area is 240 Å². The Kier molecular flexibility index (Phi) is 10.4. The molecule has 2 amide bonds. The lowest BCUT2D eigenvalue weighted by Crippen LogP contribution is -2.48. The van der Waals surface area contributed by atoms with E-state index in [2.05, 4.69) is 10.6 Å². The first-order valence-electron chi connectivity index (χ1n) is 13.2. The first-order valence-corrected chi connectivity index (χ1v) is 13.5. The lowest BCUT2D eigenvalue weighted by atomic mass is 9.86. The molecule has 9 nitrogen and oxygen atoms in total. The van der Waals surface area contributed by atoms with Crippen LogP contribution in [0, 0.1) is 5.41 Å². The van der Waals surface area contributed by atoms with Crippen molar-refractivity contribution >= 4 is 29.1 Å². The molecule has 2 aromatic rings. The SMILES string of the molecule is CCOc1ccc(Cl)cc1C(=O)NCC(C)(C)C(F)C(=O)NC1=C(CCN(C)C)N(C)N(c2ccccc2)C1O. The monoisotopic (exact) mass is 575 g/mol. The predicted octanol–water partition coefficient (Wildman–Crippen LogP) is 3.80. The smallest absolute Gasteiger partial charge is 0.259 e. The zero-order valence-electron chi connectivity index (χ0n) is 23.9. The number of hydrogen-bond donors (Lipinski definition) is 3. The van der Waals surface area contributed by atoms with Crippen molar-refractivity contribution in [3.05, 3.63) is 70.5 Å². The molecule has 40 heavy (non-hydrogen) atoms. The Balaban J connectivity index is 1.76. The van der Waals surface area contributed by atoms with Crippen molar-refractivity contribution in [2.24, 2.45) is 5.41 Å². The molecule has 0 spiro atoms. The average molecular weight is 576 g/mol. The van der Waals surface area contributed by atoms with Crippen molar-refractivity contribution in [2.45, 2.75) is 39.6 Å². The Morgan fingerprint density at radius 2 is 1.88 bits per heavy atom. The van der Waals surface area contributed by atoms with Gasteiger partial charge in [-0.3, -0.25) is 19.6 Å². The maximum atomic E-state index is 15.7. The molecule has 11 heteroatoms. The second-order valence-electron chi connectivity index (χ2n) is 10.6. The number of hydrogen-bond acceptors (Lipinski definition) is 7. The third kappa shape index (κ3) is 7.24. The number of carbonyl (C=O) groups is 2. The molecule has 2 atom stereocenters. The van der Waals surface area contributed by atoms with E-state index in [1.807, 2.05) is 49.3 Å². The van der Waals surface area contributed by atoms with Crippen LogP contribution in [0.4, 0.5) is 10.1 Å². The number of hydrazine groups is 1. The van der Waals surface area contributed by atoms with E-state index in [1.165, 1.54) is 6.07 Å². The van der Waals surface area contributed by atoms with E-state index in [4.69, 9.17) is 16.3 Å². The molecule has 0 fully saturated rings. The minimum absolute atomic E-state index is 0.135. The number of para-hydroxylation sites is 1. The first-order chi connectivity index (χ1) is 18.9. The number of aliphatic hydroxyl groups excluding tert-OH is 1. The van der Waals surface area contributed by atoms with E-state index in [9.17, 15) is 14.7 Å². The fourth-order valence-electron chi connectivity index (χ4n) is 4.40. The van der Waals surface area contributed by atoms with E-state index < -0.39 is 29.6 Å². The number of ether oxygens (including phenoxy) is 1. The molecular formula is C29H39ClFN5O4. The maximum Gasteiger partial charge on any atom is 0.259 e. The summed E-state index contributed by atoms with van der Waals surface area (Å²) in [5, 5.41) is 20.4. The molecule has 218 valence electrons. The highest BCUT2D eigenvalue weighted by molar-refractivity contribution is 6.31. The molecule has 0 radical (unpaired) electrons. The lowest BCUT2D eigenvalue weighted by molar-refractivity contribution is -0.129. The predicted molar refractivity (Wildman–Crippen MR) is 155 cm³/mol. The molecule has 2 aromatic carbocycles. The maximum absolute atomic E-state index is 15.7. The highest BCUT2D eigenvalue weighted by atomic mass is 35.5. The minimum atomic E-state index is -2.00. The van der Waals surface area contributed by atoms with E-state index in [-0.39, 0.29) is 17.8 Å². The summed E-state index contributed by atoms with van der Waals surface area (Å²) in [6.07, 6.45) is -2.70. The fraction of sp³-hybridized carbons (Fsp3) is 0.448. The number of anilines is 1. The summed E-state index contributed by atoms with van der Waals surface area (Å²) in [6, 6.07) is 13.9. The summed E-state index contributed by atoms with van der Waals surface area (Å²) in [5.74, 6) is -1.04. The summed E-state index contributed by atoms with van der Waals surface area (Å²) in [6.45, 7) is 5.77. The fourth-order valence-corrected chi connectivity index (χ4v) is 4.57. The highest BCUT2D eigenvalue weighted by Crippen LogP contribution is 2.33. The van der Waals surface area contributed by atoms with Crippen molar-refractivity contribution in [3.63, 3.8) is 0 Å². The van der Waals surface area contributed by atoms with Crippen molar-refractivity contribution in [1.82, 2.24) is 20.5 Å². The largest absolute Gasteiger partial charge is 0.493 e. The second-order valence-corrected chi connectivity index (χ2v) is 11.0. The third-order valence-electron chi connectivity index (χ3n) is 6.70. The van der Waals surface area contributed by atoms with E-state index in [0.717, 1.165) is 5.69 Å². The molecule has 2 unspecified atom stereocenters. The van der Waals surface area contributed by atoms with Gasteiger partial charge in [-0.2, -0.15) is 0 Å². The van der Waals surface area contributed by atoms with Gasteiger partial charge >= 0.3 is 0 Å². The van der Waals surface area contributed by atoms with Crippen LogP contribution >= 0.6 is 11.6 Å². The van der Waals surface area contributed by atoms with Crippen molar-refractivity contribution in [2.75, 3.05) is 45.8 Å². The van der Waals surface area contributed by atoms with Gasteiger partial charge < -0.3 is 25.4 Å². The Morgan fingerprint density at radius 1 is 1.20 bits per heavy atom. The van der Waals surface area contributed by atoms with Gasteiger partial charge in [-0.15, -0.1) is 0 Å².